The van der Waals surface area contributed by atoms with Crippen molar-refractivity contribution in [1.82, 2.24) is 10.2 Å². The first kappa shape index (κ1) is 33.0. The molecule has 12 heteroatoms. The average Bonchev–Trinajstić information content (AvgIpc) is 2.89. The van der Waals surface area contributed by atoms with Gasteiger partial charge in [0.25, 0.3) is 10.0 Å². The van der Waals surface area contributed by atoms with Crippen molar-refractivity contribution < 1.29 is 18.0 Å². The molecule has 3 aromatic rings. The van der Waals surface area contributed by atoms with Crippen LogP contribution in [0.15, 0.2) is 65.6 Å². The lowest BCUT2D eigenvalue weighted by Gasteiger charge is -2.32. The summed E-state index contributed by atoms with van der Waals surface area (Å²) in [6.07, 6.45) is 0. The fourth-order valence-corrected chi connectivity index (χ4v) is 6.37. The van der Waals surface area contributed by atoms with Crippen LogP contribution >= 0.6 is 46.4 Å². The normalized spacial score (nSPS) is 12.2. The zero-order valence-corrected chi connectivity index (χ0v) is 26.8. The number of rotatable bonds is 11. The Kier molecular flexibility index (Phi) is 11.4. The maximum absolute atomic E-state index is 14.0. The molecule has 0 bridgehead atoms. The molecule has 0 radical (unpaired) electrons. The lowest BCUT2D eigenvalue weighted by molar-refractivity contribution is -0.139. The van der Waals surface area contributed by atoms with Crippen LogP contribution in [0.5, 0.6) is 0 Å². The minimum absolute atomic E-state index is 0.0320. The van der Waals surface area contributed by atoms with Crippen LogP contribution in [0.1, 0.15) is 31.9 Å². The molecule has 0 aliphatic rings. The summed E-state index contributed by atoms with van der Waals surface area (Å²) in [6, 6.07) is 14.4. The molecule has 0 aliphatic heterocycles. The third-order valence-electron chi connectivity index (χ3n) is 6.27. The van der Waals surface area contributed by atoms with Crippen molar-refractivity contribution in [2.24, 2.45) is 5.92 Å². The Labute approximate surface area is 261 Å². The van der Waals surface area contributed by atoms with E-state index in [1.54, 1.807) is 37.3 Å². The smallest absolute Gasteiger partial charge is 0.264 e. The molecule has 0 spiro atoms. The number of amides is 2. The molecule has 1 atom stereocenters. The molecule has 1 N–H and O–H groups in total. The number of carbonyl (C=O) groups is 2. The molecular formula is C29H31Cl4N3O4S. The third kappa shape index (κ3) is 8.52. The Hall–Kier alpha value is -2.49. The minimum Gasteiger partial charge on any atom is -0.354 e. The van der Waals surface area contributed by atoms with E-state index in [0.717, 1.165) is 9.87 Å². The van der Waals surface area contributed by atoms with Crippen molar-refractivity contribution >= 4 is 73.9 Å². The Morgan fingerprint density at radius 2 is 1.44 bits per heavy atom. The van der Waals surface area contributed by atoms with Gasteiger partial charge in [-0.15, -0.1) is 0 Å². The summed E-state index contributed by atoms with van der Waals surface area (Å²) in [7, 11) is -4.27. The van der Waals surface area contributed by atoms with Crippen LogP contribution in [-0.4, -0.2) is 44.3 Å². The molecule has 0 aliphatic carbocycles. The summed E-state index contributed by atoms with van der Waals surface area (Å²) >= 11 is 25.3. The van der Waals surface area contributed by atoms with Gasteiger partial charge in [0.1, 0.15) is 12.6 Å². The van der Waals surface area contributed by atoms with Gasteiger partial charge in [-0.3, -0.25) is 13.9 Å². The number of hydrogen-bond donors (Lipinski definition) is 1. The van der Waals surface area contributed by atoms with Gasteiger partial charge in [-0.05, 0) is 62.2 Å². The van der Waals surface area contributed by atoms with Crippen LogP contribution in [0.25, 0.3) is 0 Å². The number of anilines is 1. The van der Waals surface area contributed by atoms with Crippen LogP contribution in [0, 0.1) is 12.8 Å². The lowest BCUT2D eigenvalue weighted by Crippen LogP contribution is -2.51. The van der Waals surface area contributed by atoms with Crippen molar-refractivity contribution in [1.29, 1.82) is 0 Å². The molecule has 0 saturated carbocycles. The summed E-state index contributed by atoms with van der Waals surface area (Å²) < 4.78 is 28.8. The van der Waals surface area contributed by atoms with Gasteiger partial charge in [-0.2, -0.15) is 0 Å². The maximum atomic E-state index is 14.0. The Morgan fingerprint density at radius 3 is 1.98 bits per heavy atom. The van der Waals surface area contributed by atoms with E-state index in [2.05, 4.69) is 5.32 Å². The highest BCUT2D eigenvalue weighted by atomic mass is 35.5. The van der Waals surface area contributed by atoms with E-state index in [0.29, 0.717) is 22.2 Å². The molecule has 220 valence electrons. The molecule has 41 heavy (non-hydrogen) atoms. The second kappa shape index (κ2) is 14.1. The van der Waals surface area contributed by atoms with Crippen LogP contribution < -0.4 is 9.62 Å². The summed E-state index contributed by atoms with van der Waals surface area (Å²) in [5.74, 6) is -0.898. The summed E-state index contributed by atoms with van der Waals surface area (Å²) in [5, 5.41) is 3.80. The van der Waals surface area contributed by atoms with Crippen LogP contribution in [0.3, 0.4) is 0 Å². The van der Waals surface area contributed by atoms with Gasteiger partial charge in [0.05, 0.1) is 10.6 Å². The predicted molar refractivity (Wildman–Crippen MR) is 166 cm³/mol. The monoisotopic (exact) mass is 657 g/mol. The summed E-state index contributed by atoms with van der Waals surface area (Å²) in [4.78, 5) is 28.4. The first-order valence-corrected chi connectivity index (χ1v) is 15.7. The Morgan fingerprint density at radius 1 is 0.878 bits per heavy atom. The van der Waals surface area contributed by atoms with Gasteiger partial charge >= 0.3 is 0 Å². The molecule has 3 rings (SSSR count). The van der Waals surface area contributed by atoms with Gasteiger partial charge < -0.3 is 10.2 Å². The summed E-state index contributed by atoms with van der Waals surface area (Å²) in [5.41, 5.74) is 1.37. The van der Waals surface area contributed by atoms with E-state index in [1.165, 1.54) is 35.2 Å². The Bertz CT molecular complexity index is 1470. The average molecular weight is 659 g/mol. The zero-order valence-electron chi connectivity index (χ0n) is 23.0. The van der Waals surface area contributed by atoms with Gasteiger partial charge in [0.2, 0.25) is 11.8 Å². The minimum atomic E-state index is -4.27. The number of carbonyl (C=O) groups excluding carboxylic acids is 2. The van der Waals surface area contributed by atoms with E-state index >= 15 is 0 Å². The van der Waals surface area contributed by atoms with Gasteiger partial charge in [-0.1, -0.05) is 84.0 Å². The van der Waals surface area contributed by atoms with Gasteiger partial charge in [0.15, 0.2) is 0 Å². The second-order valence-electron chi connectivity index (χ2n) is 9.99. The number of nitrogens with one attached hydrogen (secondary N) is 1. The standard InChI is InChI=1S/C29H31Cl4N3O4S/c1-18(2)15-34-29(38)20(4)35(16-25-26(32)6-5-7-27(25)33)28(37)17-36(23-13-21(30)12-22(31)14-23)41(39,40)24-10-8-19(3)9-11-24/h5-14,18,20H,15-17H2,1-4H3,(H,34,38)/t20-/m1/s1. The van der Waals surface area contributed by atoms with Crippen molar-refractivity contribution in [3.05, 3.63) is 91.9 Å². The van der Waals surface area contributed by atoms with E-state index in [1.807, 2.05) is 20.8 Å². The highest BCUT2D eigenvalue weighted by Crippen LogP contribution is 2.31. The van der Waals surface area contributed by atoms with E-state index in [4.69, 9.17) is 46.4 Å². The van der Waals surface area contributed by atoms with Crippen molar-refractivity contribution in [2.75, 3.05) is 17.4 Å². The Balaban J connectivity index is 2.09. The largest absolute Gasteiger partial charge is 0.354 e. The zero-order chi connectivity index (χ0) is 30.5. The third-order valence-corrected chi connectivity index (χ3v) is 9.20. The molecule has 3 aromatic carbocycles. The quantitative estimate of drug-likeness (QED) is 0.241. The maximum Gasteiger partial charge on any atom is 0.264 e. The van der Waals surface area contributed by atoms with Crippen molar-refractivity contribution in [3.63, 3.8) is 0 Å². The molecule has 7 nitrogen and oxygen atoms in total. The second-order valence-corrected chi connectivity index (χ2v) is 13.5. The molecule has 0 fully saturated rings. The van der Waals surface area contributed by atoms with Crippen LogP contribution in [0.2, 0.25) is 20.1 Å². The topological polar surface area (TPSA) is 86.8 Å². The number of hydrogen-bond acceptors (Lipinski definition) is 4. The molecule has 0 unspecified atom stereocenters. The fraction of sp³-hybridized carbons (Fsp3) is 0.310. The van der Waals surface area contributed by atoms with Crippen LogP contribution in [0.4, 0.5) is 5.69 Å². The number of aryl methyl sites for hydroxylation is 1. The lowest BCUT2D eigenvalue weighted by atomic mass is 10.1. The number of benzene rings is 3. The molecule has 0 aromatic heterocycles. The first-order chi connectivity index (χ1) is 19.2. The number of halogens is 4. The molecule has 0 saturated heterocycles. The fourth-order valence-electron chi connectivity index (χ4n) is 3.94. The molecular weight excluding hydrogens is 628 g/mol. The van der Waals surface area contributed by atoms with E-state index in [9.17, 15) is 18.0 Å². The SMILES string of the molecule is Cc1ccc(S(=O)(=O)N(CC(=O)N(Cc2c(Cl)cccc2Cl)[C@H](C)C(=O)NCC(C)C)c2cc(Cl)cc(Cl)c2)cc1. The number of nitrogens with zero attached hydrogens (tertiary/aromatic N) is 2. The first-order valence-electron chi connectivity index (χ1n) is 12.8. The highest BCUT2D eigenvalue weighted by Gasteiger charge is 2.33. The van der Waals surface area contributed by atoms with Gasteiger partial charge in [-0.25, -0.2) is 8.42 Å². The highest BCUT2D eigenvalue weighted by molar-refractivity contribution is 7.92. The number of sulfonamides is 1. The van der Waals surface area contributed by atoms with Gasteiger partial charge in [0, 0.05) is 38.7 Å². The van der Waals surface area contributed by atoms with E-state index < -0.39 is 34.4 Å². The predicted octanol–water partition coefficient (Wildman–Crippen LogP) is 6.99. The molecule has 0 heterocycles. The summed E-state index contributed by atoms with van der Waals surface area (Å²) in [6.45, 7) is 6.89. The van der Waals surface area contributed by atoms with Crippen LogP contribution in [-0.2, 0) is 26.2 Å². The van der Waals surface area contributed by atoms with Crippen molar-refractivity contribution in [2.45, 2.75) is 45.2 Å². The molecule has 2 amide bonds. The van der Waals surface area contributed by atoms with Crippen molar-refractivity contribution in [3.8, 4) is 0 Å². The van der Waals surface area contributed by atoms with E-state index in [-0.39, 0.29) is 33.1 Å².